The molecule has 1 aliphatic rings. The van der Waals surface area contributed by atoms with Crippen molar-refractivity contribution in [1.29, 1.82) is 0 Å². The van der Waals surface area contributed by atoms with Gasteiger partial charge in [-0.1, -0.05) is 6.92 Å². The van der Waals surface area contributed by atoms with Gasteiger partial charge in [0.15, 0.2) is 0 Å². The zero-order chi connectivity index (χ0) is 8.27. The highest BCUT2D eigenvalue weighted by molar-refractivity contribution is 4.75. The molecule has 66 valence electrons. The number of hydrogen-bond donors (Lipinski definition) is 2. The van der Waals surface area contributed by atoms with E-state index >= 15 is 0 Å². The number of hydrogen-bond acceptors (Lipinski definition) is 2. The van der Waals surface area contributed by atoms with Crippen molar-refractivity contribution in [2.45, 2.75) is 51.2 Å². The van der Waals surface area contributed by atoms with Gasteiger partial charge >= 0.3 is 0 Å². The van der Waals surface area contributed by atoms with Crippen LogP contribution in [0.4, 0.5) is 0 Å². The minimum absolute atomic E-state index is 0.102. The predicted molar refractivity (Wildman–Crippen MR) is 44.3 cm³/mol. The van der Waals surface area contributed by atoms with Crippen LogP contribution in [0, 0.1) is 5.92 Å². The summed E-state index contributed by atoms with van der Waals surface area (Å²) in [5, 5.41) is 18.7. The Kier molecular flexibility index (Phi) is 3.34. The van der Waals surface area contributed by atoms with E-state index in [1.807, 2.05) is 6.92 Å². The van der Waals surface area contributed by atoms with Crippen molar-refractivity contribution in [1.82, 2.24) is 0 Å². The van der Waals surface area contributed by atoms with E-state index in [-0.39, 0.29) is 12.2 Å². The Bertz CT molecular complexity index is 106. The molecule has 1 rings (SSSR count). The topological polar surface area (TPSA) is 40.5 Å². The van der Waals surface area contributed by atoms with Gasteiger partial charge in [-0.05, 0) is 38.0 Å². The van der Waals surface area contributed by atoms with E-state index in [1.54, 1.807) is 0 Å². The lowest BCUT2D eigenvalue weighted by Gasteiger charge is -2.28. The minimum atomic E-state index is -0.137. The van der Waals surface area contributed by atoms with E-state index in [2.05, 4.69) is 0 Å². The maximum Gasteiger partial charge on any atom is 0.0565 e. The van der Waals surface area contributed by atoms with Crippen molar-refractivity contribution < 1.29 is 10.2 Å². The van der Waals surface area contributed by atoms with Crippen LogP contribution < -0.4 is 0 Å². The Balaban J connectivity index is 2.27. The average Bonchev–Trinajstić information content (AvgIpc) is 2.05. The van der Waals surface area contributed by atoms with Gasteiger partial charge in [-0.2, -0.15) is 0 Å². The third-order valence-electron chi connectivity index (χ3n) is 2.70. The Morgan fingerprint density at radius 2 is 1.82 bits per heavy atom. The van der Waals surface area contributed by atoms with Crippen molar-refractivity contribution in [2.75, 3.05) is 0 Å². The van der Waals surface area contributed by atoms with Gasteiger partial charge in [0.1, 0.15) is 0 Å². The molecule has 11 heavy (non-hydrogen) atoms. The molecule has 0 aromatic carbocycles. The van der Waals surface area contributed by atoms with Crippen LogP contribution in [-0.2, 0) is 0 Å². The van der Waals surface area contributed by atoms with Gasteiger partial charge in [0.05, 0.1) is 12.2 Å². The number of aliphatic hydroxyl groups excluding tert-OH is 2. The summed E-state index contributed by atoms with van der Waals surface area (Å²) in [6.45, 7) is 2.01. The van der Waals surface area contributed by atoms with E-state index in [1.165, 1.54) is 0 Å². The fourth-order valence-electron chi connectivity index (χ4n) is 1.82. The summed E-state index contributed by atoms with van der Waals surface area (Å²) < 4.78 is 0. The van der Waals surface area contributed by atoms with E-state index in [0.29, 0.717) is 5.92 Å². The quantitative estimate of drug-likeness (QED) is 0.636. The molecule has 0 saturated heterocycles. The predicted octanol–water partition coefficient (Wildman–Crippen LogP) is 1.31. The summed E-state index contributed by atoms with van der Waals surface area (Å²) in [7, 11) is 0. The summed E-state index contributed by atoms with van der Waals surface area (Å²) in [5.74, 6) is 0.448. The third kappa shape index (κ3) is 2.46. The van der Waals surface area contributed by atoms with E-state index in [4.69, 9.17) is 0 Å². The second-order valence-electron chi connectivity index (χ2n) is 3.54. The van der Waals surface area contributed by atoms with Crippen LogP contribution >= 0.6 is 0 Å². The lowest BCUT2D eigenvalue weighted by molar-refractivity contribution is 0.0403. The second kappa shape index (κ2) is 4.07. The Labute approximate surface area is 68.2 Å². The lowest BCUT2D eigenvalue weighted by atomic mass is 9.83. The highest BCUT2D eigenvalue weighted by Crippen LogP contribution is 2.27. The van der Waals surface area contributed by atoms with E-state index < -0.39 is 0 Å². The maximum absolute atomic E-state index is 9.49. The molecular formula is C9H18O2. The molecule has 0 aromatic heterocycles. The number of rotatable bonds is 2. The molecule has 0 spiro atoms. The minimum Gasteiger partial charge on any atom is -0.393 e. The highest BCUT2D eigenvalue weighted by Gasteiger charge is 2.23. The molecule has 1 atom stereocenters. The zero-order valence-electron chi connectivity index (χ0n) is 7.16. The summed E-state index contributed by atoms with van der Waals surface area (Å²) in [4.78, 5) is 0. The highest BCUT2D eigenvalue weighted by atomic mass is 16.3. The molecule has 0 aromatic rings. The third-order valence-corrected chi connectivity index (χ3v) is 2.70. The largest absolute Gasteiger partial charge is 0.393 e. The molecule has 0 heterocycles. The molecule has 0 radical (unpaired) electrons. The van der Waals surface area contributed by atoms with Crippen molar-refractivity contribution in [3.05, 3.63) is 0 Å². The van der Waals surface area contributed by atoms with Crippen LogP contribution in [0.3, 0.4) is 0 Å². The lowest BCUT2D eigenvalue weighted by Crippen LogP contribution is -2.26. The van der Waals surface area contributed by atoms with E-state index in [0.717, 1.165) is 32.1 Å². The van der Waals surface area contributed by atoms with Gasteiger partial charge in [-0.3, -0.25) is 0 Å². The summed E-state index contributed by atoms with van der Waals surface area (Å²) >= 11 is 0. The summed E-state index contributed by atoms with van der Waals surface area (Å²) in [6, 6.07) is 0. The first-order valence-electron chi connectivity index (χ1n) is 4.60. The first-order chi connectivity index (χ1) is 5.24. The van der Waals surface area contributed by atoms with Gasteiger partial charge in [0, 0.05) is 0 Å². The molecule has 2 nitrogen and oxygen atoms in total. The van der Waals surface area contributed by atoms with Crippen LogP contribution in [0.5, 0.6) is 0 Å². The summed E-state index contributed by atoms with van der Waals surface area (Å²) in [5.41, 5.74) is 0. The van der Waals surface area contributed by atoms with Gasteiger partial charge in [-0.15, -0.1) is 0 Å². The van der Waals surface area contributed by atoms with E-state index in [9.17, 15) is 10.2 Å². The molecule has 2 heteroatoms. The Morgan fingerprint density at radius 1 is 1.27 bits per heavy atom. The van der Waals surface area contributed by atoms with Gasteiger partial charge < -0.3 is 10.2 Å². The molecule has 1 aliphatic carbocycles. The second-order valence-corrected chi connectivity index (χ2v) is 3.54. The molecule has 2 N–H and O–H groups in total. The van der Waals surface area contributed by atoms with Gasteiger partial charge in [0.25, 0.3) is 0 Å². The Hall–Kier alpha value is -0.0800. The molecule has 0 bridgehead atoms. The van der Waals surface area contributed by atoms with Crippen LogP contribution in [-0.4, -0.2) is 22.4 Å². The fourth-order valence-corrected chi connectivity index (χ4v) is 1.82. The van der Waals surface area contributed by atoms with Crippen LogP contribution in [0.1, 0.15) is 39.0 Å². The van der Waals surface area contributed by atoms with Gasteiger partial charge in [0.2, 0.25) is 0 Å². The van der Waals surface area contributed by atoms with Crippen LogP contribution in [0.15, 0.2) is 0 Å². The summed E-state index contributed by atoms with van der Waals surface area (Å²) in [6.07, 6.45) is 4.36. The first-order valence-corrected chi connectivity index (χ1v) is 4.60. The Morgan fingerprint density at radius 3 is 2.27 bits per heavy atom. The van der Waals surface area contributed by atoms with Crippen LogP contribution in [0.25, 0.3) is 0 Å². The standard InChI is InChI=1S/C9H18O2/c1-2-9(11)7-3-5-8(10)6-4-7/h7-11H,2-6H2,1H3. The van der Waals surface area contributed by atoms with Crippen molar-refractivity contribution in [2.24, 2.45) is 5.92 Å². The molecular weight excluding hydrogens is 140 g/mol. The average molecular weight is 158 g/mol. The van der Waals surface area contributed by atoms with Crippen molar-refractivity contribution in [3.63, 3.8) is 0 Å². The number of aliphatic hydroxyl groups is 2. The molecule has 1 unspecified atom stereocenters. The first kappa shape index (κ1) is 9.01. The molecule has 1 saturated carbocycles. The van der Waals surface area contributed by atoms with Crippen molar-refractivity contribution in [3.8, 4) is 0 Å². The molecule has 0 aliphatic heterocycles. The van der Waals surface area contributed by atoms with Gasteiger partial charge in [-0.25, -0.2) is 0 Å². The maximum atomic E-state index is 9.49. The SMILES string of the molecule is CCC(O)C1CCC(O)CC1. The van der Waals surface area contributed by atoms with Crippen LogP contribution in [0.2, 0.25) is 0 Å². The van der Waals surface area contributed by atoms with Crippen molar-refractivity contribution >= 4 is 0 Å². The zero-order valence-corrected chi connectivity index (χ0v) is 7.16. The monoisotopic (exact) mass is 158 g/mol. The fraction of sp³-hybridized carbons (Fsp3) is 1.00. The molecule has 1 fully saturated rings. The smallest absolute Gasteiger partial charge is 0.0565 e. The normalized spacial score (nSPS) is 35.2. The molecule has 0 amide bonds.